The van der Waals surface area contributed by atoms with Crippen LogP contribution in [-0.2, 0) is 27.2 Å². The maximum Gasteiger partial charge on any atom is 0.306 e. The first-order valence-corrected chi connectivity index (χ1v) is 9.24. The van der Waals surface area contributed by atoms with Crippen molar-refractivity contribution in [2.45, 2.75) is 51.4 Å². The molecule has 2 bridgehead atoms. The monoisotopic (exact) mass is 327 g/mol. The largest absolute Gasteiger partial charge is 0.456 e. The molecule has 0 aliphatic heterocycles. The van der Waals surface area contributed by atoms with Gasteiger partial charge in [0, 0.05) is 12.1 Å². The fourth-order valence-electron chi connectivity index (χ4n) is 4.89. The first kappa shape index (κ1) is 15.7. The molecule has 1 N–H and O–H groups in total. The summed E-state index contributed by atoms with van der Waals surface area (Å²) in [6.45, 7) is -0.184. The van der Waals surface area contributed by atoms with Gasteiger partial charge in [-0.1, -0.05) is 12.5 Å². The molecule has 0 spiro atoms. The van der Waals surface area contributed by atoms with Gasteiger partial charge in [0.2, 0.25) is 0 Å². The second-order valence-corrected chi connectivity index (χ2v) is 7.68. The van der Waals surface area contributed by atoms with Crippen LogP contribution < -0.4 is 5.32 Å². The number of hydrogen-bond donors (Lipinski definition) is 1. The van der Waals surface area contributed by atoms with Crippen LogP contribution in [0.15, 0.2) is 18.2 Å². The molecule has 3 atom stereocenters. The number of benzene rings is 1. The number of ether oxygens (including phenoxy) is 1. The molecule has 4 heteroatoms. The van der Waals surface area contributed by atoms with Gasteiger partial charge in [0.15, 0.2) is 6.61 Å². The smallest absolute Gasteiger partial charge is 0.306 e. The summed E-state index contributed by atoms with van der Waals surface area (Å²) >= 11 is 0. The van der Waals surface area contributed by atoms with Gasteiger partial charge in [0.25, 0.3) is 5.91 Å². The molecule has 1 aromatic rings. The lowest BCUT2D eigenvalue weighted by Crippen LogP contribution is -2.23. The van der Waals surface area contributed by atoms with Crippen LogP contribution in [0.2, 0.25) is 0 Å². The van der Waals surface area contributed by atoms with Crippen LogP contribution in [0.5, 0.6) is 0 Å². The van der Waals surface area contributed by atoms with Gasteiger partial charge in [0.1, 0.15) is 0 Å². The predicted molar refractivity (Wildman–Crippen MR) is 91.6 cm³/mol. The maximum absolute atomic E-state index is 12.0. The number of hydrogen-bond acceptors (Lipinski definition) is 3. The molecular weight excluding hydrogens is 302 g/mol. The Labute approximate surface area is 143 Å². The maximum atomic E-state index is 12.0. The number of rotatable bonds is 5. The van der Waals surface area contributed by atoms with Crippen LogP contribution in [0.4, 0.5) is 5.69 Å². The van der Waals surface area contributed by atoms with Crippen LogP contribution in [-0.4, -0.2) is 18.5 Å². The number of aryl methyl sites for hydroxylation is 2. The van der Waals surface area contributed by atoms with Crippen LogP contribution >= 0.6 is 0 Å². The normalized spacial score (nSPS) is 27.1. The van der Waals surface area contributed by atoms with E-state index in [1.165, 1.54) is 43.2 Å². The van der Waals surface area contributed by atoms with Crippen LogP contribution in [0, 0.1) is 17.8 Å². The molecular formula is C20H25NO3. The van der Waals surface area contributed by atoms with Gasteiger partial charge < -0.3 is 10.1 Å². The molecule has 4 nitrogen and oxygen atoms in total. The van der Waals surface area contributed by atoms with E-state index in [0.717, 1.165) is 24.4 Å². The molecule has 2 fully saturated rings. The van der Waals surface area contributed by atoms with E-state index in [1.807, 2.05) is 12.1 Å². The lowest BCUT2D eigenvalue weighted by atomic mass is 9.86. The van der Waals surface area contributed by atoms with Crippen molar-refractivity contribution in [3.63, 3.8) is 0 Å². The van der Waals surface area contributed by atoms with Gasteiger partial charge >= 0.3 is 5.97 Å². The SMILES string of the molecule is O=C(COC(=O)C[C@@H]1C[C@@H]2CC[C@@H]1C2)Nc1ccc2c(c1)CCC2. The number of amides is 1. The third-order valence-electron chi connectivity index (χ3n) is 6.06. The Morgan fingerprint density at radius 2 is 2.00 bits per heavy atom. The molecule has 3 aliphatic rings. The molecule has 1 amide bonds. The highest BCUT2D eigenvalue weighted by atomic mass is 16.5. The molecule has 0 unspecified atom stereocenters. The average molecular weight is 327 g/mol. The highest BCUT2D eigenvalue weighted by Gasteiger charge is 2.40. The summed E-state index contributed by atoms with van der Waals surface area (Å²) in [5, 5.41) is 2.83. The number of esters is 1. The average Bonchev–Trinajstić information content (AvgIpc) is 3.28. The highest BCUT2D eigenvalue weighted by molar-refractivity contribution is 5.92. The molecule has 2 saturated carbocycles. The molecule has 3 aliphatic carbocycles. The van der Waals surface area contributed by atoms with Crippen molar-refractivity contribution in [3.05, 3.63) is 29.3 Å². The molecule has 4 rings (SSSR count). The number of nitrogens with one attached hydrogen (secondary N) is 1. The zero-order chi connectivity index (χ0) is 16.5. The Kier molecular flexibility index (Phi) is 4.30. The first-order chi connectivity index (χ1) is 11.7. The summed E-state index contributed by atoms with van der Waals surface area (Å²) in [6, 6.07) is 6.05. The molecule has 1 aromatic carbocycles. The Bertz CT molecular complexity index is 654. The number of carbonyl (C=O) groups is 2. The molecule has 0 radical (unpaired) electrons. The van der Waals surface area contributed by atoms with E-state index in [2.05, 4.69) is 11.4 Å². The molecule has 24 heavy (non-hydrogen) atoms. The van der Waals surface area contributed by atoms with E-state index in [0.29, 0.717) is 18.3 Å². The Balaban J connectivity index is 1.22. The van der Waals surface area contributed by atoms with Crippen molar-refractivity contribution in [2.75, 3.05) is 11.9 Å². The number of anilines is 1. The minimum atomic E-state index is -0.255. The molecule has 0 aromatic heterocycles. The van der Waals surface area contributed by atoms with Crippen molar-refractivity contribution >= 4 is 17.6 Å². The highest BCUT2D eigenvalue weighted by Crippen LogP contribution is 2.49. The van der Waals surface area contributed by atoms with Gasteiger partial charge in [-0.05, 0) is 79.5 Å². The van der Waals surface area contributed by atoms with E-state index in [1.54, 1.807) is 0 Å². The summed E-state index contributed by atoms with van der Waals surface area (Å²) < 4.78 is 5.19. The zero-order valence-corrected chi connectivity index (χ0v) is 14.1. The van der Waals surface area contributed by atoms with Crippen LogP contribution in [0.25, 0.3) is 0 Å². The second-order valence-electron chi connectivity index (χ2n) is 7.68. The molecule has 128 valence electrons. The lowest BCUT2D eigenvalue weighted by molar-refractivity contribution is -0.148. The van der Waals surface area contributed by atoms with Gasteiger partial charge in [-0.2, -0.15) is 0 Å². The van der Waals surface area contributed by atoms with Crippen LogP contribution in [0.3, 0.4) is 0 Å². The predicted octanol–water partition coefficient (Wildman–Crippen LogP) is 3.48. The van der Waals surface area contributed by atoms with Crippen molar-refractivity contribution in [3.8, 4) is 0 Å². The first-order valence-electron chi connectivity index (χ1n) is 9.24. The van der Waals surface area contributed by atoms with E-state index < -0.39 is 0 Å². The Morgan fingerprint density at radius 3 is 2.79 bits per heavy atom. The topological polar surface area (TPSA) is 55.4 Å². The second kappa shape index (κ2) is 6.58. The van der Waals surface area contributed by atoms with Crippen molar-refractivity contribution in [1.29, 1.82) is 0 Å². The fourth-order valence-corrected chi connectivity index (χ4v) is 4.89. The third kappa shape index (κ3) is 3.33. The quantitative estimate of drug-likeness (QED) is 0.842. The van der Waals surface area contributed by atoms with Gasteiger partial charge in [-0.15, -0.1) is 0 Å². The minimum absolute atomic E-state index is 0.184. The van der Waals surface area contributed by atoms with Gasteiger partial charge in [0.05, 0.1) is 0 Å². The molecule has 0 saturated heterocycles. The Hall–Kier alpha value is -1.84. The van der Waals surface area contributed by atoms with Gasteiger partial charge in [-0.25, -0.2) is 0 Å². The molecule has 0 heterocycles. The number of carbonyl (C=O) groups excluding carboxylic acids is 2. The van der Waals surface area contributed by atoms with Gasteiger partial charge in [-0.3, -0.25) is 9.59 Å². The third-order valence-corrected chi connectivity index (χ3v) is 6.06. The summed E-state index contributed by atoms with van der Waals surface area (Å²) in [5.41, 5.74) is 3.50. The summed E-state index contributed by atoms with van der Waals surface area (Å²) in [7, 11) is 0. The Morgan fingerprint density at radius 1 is 1.12 bits per heavy atom. The summed E-state index contributed by atoms with van der Waals surface area (Å²) in [4.78, 5) is 24.0. The summed E-state index contributed by atoms with van der Waals surface area (Å²) in [6.07, 6.45) is 8.93. The van der Waals surface area contributed by atoms with E-state index in [-0.39, 0.29) is 18.5 Å². The lowest BCUT2D eigenvalue weighted by Gasteiger charge is -2.20. The van der Waals surface area contributed by atoms with Crippen molar-refractivity contribution in [1.82, 2.24) is 0 Å². The van der Waals surface area contributed by atoms with Crippen molar-refractivity contribution < 1.29 is 14.3 Å². The summed E-state index contributed by atoms with van der Waals surface area (Å²) in [5.74, 6) is 1.54. The van der Waals surface area contributed by atoms with Crippen molar-refractivity contribution in [2.24, 2.45) is 17.8 Å². The van der Waals surface area contributed by atoms with E-state index >= 15 is 0 Å². The van der Waals surface area contributed by atoms with E-state index in [4.69, 9.17) is 4.74 Å². The number of fused-ring (bicyclic) bond motifs is 3. The van der Waals surface area contributed by atoms with E-state index in [9.17, 15) is 9.59 Å². The zero-order valence-electron chi connectivity index (χ0n) is 14.1. The van der Waals surface area contributed by atoms with Crippen LogP contribution in [0.1, 0.15) is 49.7 Å². The fraction of sp³-hybridized carbons (Fsp3) is 0.600. The standard InChI is InChI=1S/C20H25NO3/c22-19(21-18-7-6-14-2-1-3-15(14)10-18)12-24-20(23)11-17-9-13-4-5-16(17)8-13/h6-7,10,13,16-17H,1-5,8-9,11-12H2,(H,21,22)/t13-,16-,17+/m1/s1. The minimum Gasteiger partial charge on any atom is -0.456 e.